The van der Waals surface area contributed by atoms with Crippen LogP contribution in [0, 0.1) is 0 Å². The van der Waals surface area contributed by atoms with Crippen LogP contribution < -0.4 is 0 Å². The Bertz CT molecular complexity index is 2460. The fraction of sp³-hybridized carbons (Fsp3) is 0.908. The zero-order chi connectivity index (χ0) is 82.5. The van der Waals surface area contributed by atoms with Gasteiger partial charge in [-0.1, -0.05) is 296 Å². The summed E-state index contributed by atoms with van der Waals surface area (Å²) in [4.78, 5) is 66.3. The highest BCUT2D eigenvalue weighted by atomic mass is 31.2. The Kier molecular flexibility index (Phi) is 61.5. The van der Waals surface area contributed by atoms with Crippen molar-refractivity contribution in [2.24, 2.45) is 0 Å². The number of unbranched alkanes of at least 4 members (excludes halogenated alkanes) is 44. The Labute approximate surface area is 679 Å². The number of rotatable bonds is 72. The minimum atomic E-state index is -5.81. The molecule has 2 aliphatic heterocycles. The van der Waals surface area contributed by atoms with Gasteiger partial charge in [-0.05, 0) is 77.0 Å². The molecule has 2 heterocycles. The van der Waals surface area contributed by atoms with Crippen LogP contribution in [0.1, 0.15) is 374 Å². The molecule has 0 aromatic carbocycles. The summed E-state index contributed by atoms with van der Waals surface area (Å²) in [6.45, 7) is 5.53. The standard InChI is InChI=1S/C87H159O25P/c1-5-9-13-17-21-25-29-33-34-38-42-45-49-53-57-61-72(91)106-67(64-103-70(89)59-55-51-47-43-39-35-30-26-22-18-14-10-6-2)65-105-113(101,102)112-85-83(110-86-80(99)76(95)74(93)68(63-88)107-86)79(98)78(97)82(109-73(92)62-58-54-50-46-41-37-32-28-24-20-16-12-8-4)84(85)111-87-81(100)77(96)75(94)69(108-87)66-104-71(90)60-56-52-48-44-40-36-31-27-23-19-15-11-7-3/h25,29,35,39,67-69,74-88,93-100H,5-24,26-28,30-34,36-38,40-66H2,1-4H3,(H,101,102)/b29-25-,39-35-. The molecule has 2 saturated heterocycles. The van der Waals surface area contributed by atoms with Gasteiger partial charge in [0.25, 0.3) is 0 Å². The van der Waals surface area contributed by atoms with E-state index in [0.29, 0.717) is 38.5 Å². The molecule has 0 amide bonds. The zero-order valence-corrected chi connectivity index (χ0v) is 71.1. The number of ether oxygens (including phenoxy) is 8. The zero-order valence-electron chi connectivity index (χ0n) is 70.2. The highest BCUT2D eigenvalue weighted by Crippen LogP contribution is 2.49. The molecule has 18 unspecified atom stereocenters. The van der Waals surface area contributed by atoms with Gasteiger partial charge in [0, 0.05) is 25.7 Å². The third-order valence-corrected chi connectivity index (χ3v) is 22.9. The molecule has 25 nitrogen and oxygen atoms in total. The van der Waals surface area contributed by atoms with Crippen LogP contribution in [0.15, 0.2) is 24.3 Å². The number of carbonyl (C=O) groups is 4. The van der Waals surface area contributed by atoms with Gasteiger partial charge in [0.2, 0.25) is 0 Å². The molecule has 10 N–H and O–H groups in total. The molecule has 3 rings (SSSR count). The molecule has 0 radical (unpaired) electrons. The van der Waals surface area contributed by atoms with Crippen molar-refractivity contribution in [1.29, 1.82) is 0 Å². The summed E-state index contributed by atoms with van der Waals surface area (Å²) >= 11 is 0. The van der Waals surface area contributed by atoms with E-state index in [9.17, 15) is 74.6 Å². The normalized spacial score (nSPS) is 25.6. The van der Waals surface area contributed by atoms with Crippen molar-refractivity contribution >= 4 is 31.7 Å². The number of phosphoric acid groups is 1. The third-order valence-electron chi connectivity index (χ3n) is 21.9. The number of hydrogen-bond acceptors (Lipinski definition) is 24. The number of phosphoric ester groups is 1. The highest BCUT2D eigenvalue weighted by molar-refractivity contribution is 7.47. The van der Waals surface area contributed by atoms with Gasteiger partial charge < -0.3 is 88.7 Å². The van der Waals surface area contributed by atoms with Crippen molar-refractivity contribution in [3.8, 4) is 0 Å². The second-order valence-corrected chi connectivity index (χ2v) is 33.5. The van der Waals surface area contributed by atoms with Gasteiger partial charge in [-0.15, -0.1) is 0 Å². The van der Waals surface area contributed by atoms with Gasteiger partial charge in [-0.25, -0.2) is 4.57 Å². The minimum Gasteiger partial charge on any atom is -0.463 e. The fourth-order valence-electron chi connectivity index (χ4n) is 14.7. The number of allylic oxidation sites excluding steroid dienone is 4. The summed E-state index contributed by atoms with van der Waals surface area (Å²) in [5.41, 5.74) is 0. The lowest BCUT2D eigenvalue weighted by atomic mass is 9.84. The van der Waals surface area contributed by atoms with Crippen molar-refractivity contribution < 1.29 is 122 Å². The van der Waals surface area contributed by atoms with Gasteiger partial charge in [-0.3, -0.25) is 28.2 Å². The Hall–Kier alpha value is -3.05. The summed E-state index contributed by atoms with van der Waals surface area (Å²) < 4.78 is 73.2. The first-order valence-corrected chi connectivity index (χ1v) is 46.6. The van der Waals surface area contributed by atoms with Crippen molar-refractivity contribution in [3.63, 3.8) is 0 Å². The van der Waals surface area contributed by atoms with Crippen molar-refractivity contribution in [2.45, 2.75) is 479 Å². The topological polar surface area (TPSA) is 380 Å². The van der Waals surface area contributed by atoms with Crippen molar-refractivity contribution in [3.05, 3.63) is 24.3 Å². The van der Waals surface area contributed by atoms with Crippen LogP contribution in [0.4, 0.5) is 0 Å². The van der Waals surface area contributed by atoms with Gasteiger partial charge in [-0.2, -0.15) is 0 Å². The smallest absolute Gasteiger partial charge is 0.463 e. The van der Waals surface area contributed by atoms with Crippen LogP contribution in [-0.2, 0) is 70.7 Å². The second-order valence-electron chi connectivity index (χ2n) is 32.1. The molecule has 0 bridgehead atoms. The summed E-state index contributed by atoms with van der Waals surface area (Å²) in [5, 5.41) is 102. The molecule has 26 heteroatoms. The van der Waals surface area contributed by atoms with Gasteiger partial charge in [0.1, 0.15) is 92.6 Å². The Morgan fingerprint density at radius 3 is 1.07 bits per heavy atom. The number of esters is 4. The number of aliphatic hydroxyl groups is 9. The first kappa shape index (κ1) is 104. The second kappa shape index (κ2) is 66.7. The van der Waals surface area contributed by atoms with Gasteiger partial charge in [0.05, 0.1) is 13.2 Å². The summed E-state index contributed by atoms with van der Waals surface area (Å²) in [6, 6.07) is 0. The first-order chi connectivity index (χ1) is 54.7. The summed E-state index contributed by atoms with van der Waals surface area (Å²) in [5.74, 6) is -2.99. The van der Waals surface area contributed by atoms with E-state index in [1.54, 1.807) is 0 Å². The van der Waals surface area contributed by atoms with Crippen LogP contribution in [0.3, 0.4) is 0 Å². The van der Waals surface area contributed by atoms with Crippen LogP contribution in [0.25, 0.3) is 0 Å². The molecular formula is C87H159O25P. The largest absolute Gasteiger partial charge is 0.472 e. The molecule has 3 aliphatic rings. The average Bonchev–Trinajstić information content (AvgIpc) is 0.754. The fourth-order valence-corrected chi connectivity index (χ4v) is 15.7. The van der Waals surface area contributed by atoms with Gasteiger partial charge >= 0.3 is 31.7 Å². The van der Waals surface area contributed by atoms with E-state index in [1.165, 1.54) is 141 Å². The predicted molar refractivity (Wildman–Crippen MR) is 435 cm³/mol. The average molecular weight is 1640 g/mol. The Morgan fingerprint density at radius 2 is 0.664 bits per heavy atom. The maximum Gasteiger partial charge on any atom is 0.472 e. The lowest BCUT2D eigenvalue weighted by Crippen LogP contribution is -2.70. The van der Waals surface area contributed by atoms with E-state index in [-0.39, 0.29) is 25.7 Å². The number of hydrogen-bond donors (Lipinski definition) is 10. The highest BCUT2D eigenvalue weighted by Gasteiger charge is 2.60. The van der Waals surface area contributed by atoms with Crippen molar-refractivity contribution in [1.82, 2.24) is 0 Å². The first-order valence-electron chi connectivity index (χ1n) is 45.1. The van der Waals surface area contributed by atoms with Crippen LogP contribution in [-0.4, -0.2) is 205 Å². The summed E-state index contributed by atoms with van der Waals surface area (Å²) in [7, 11) is -5.81. The molecule has 0 aromatic heterocycles. The molecule has 0 spiro atoms. The van der Waals surface area contributed by atoms with E-state index < -0.39 is 162 Å². The Balaban J connectivity index is 1.94. The molecule has 3 fully saturated rings. The van der Waals surface area contributed by atoms with Crippen LogP contribution in [0.2, 0.25) is 0 Å². The quantitative estimate of drug-likeness (QED) is 0.00889. The number of carbonyl (C=O) groups excluding carboxylic acids is 4. The monoisotopic (exact) mass is 1640 g/mol. The van der Waals surface area contributed by atoms with E-state index in [4.69, 9.17) is 46.9 Å². The van der Waals surface area contributed by atoms with E-state index in [2.05, 4.69) is 52.0 Å². The number of aliphatic hydroxyl groups excluding tert-OH is 9. The maximum atomic E-state index is 14.9. The molecule has 0 aromatic rings. The van der Waals surface area contributed by atoms with E-state index in [0.717, 1.165) is 141 Å². The van der Waals surface area contributed by atoms with E-state index >= 15 is 0 Å². The SMILES string of the molecule is CCCCCC/C=C\CCCCCCCCCC(=O)OC(COC(=O)CCCCC/C=C\CCCCCCCC)COP(=O)(O)OC1C(OC2OC(CO)C(O)C(O)C2O)C(O)C(O)C(OC(=O)CCCCCCCCCCCCCCC)C1OC1OC(COC(=O)CCCCCCCCCCCCCCC)C(O)C(O)C1O. The molecule has 662 valence electrons. The molecule has 113 heavy (non-hydrogen) atoms. The minimum absolute atomic E-state index is 0.0134. The lowest BCUT2D eigenvalue weighted by molar-refractivity contribution is -0.360. The third kappa shape index (κ3) is 47.5. The van der Waals surface area contributed by atoms with Crippen LogP contribution in [0.5, 0.6) is 0 Å². The van der Waals surface area contributed by atoms with Crippen LogP contribution >= 0.6 is 7.82 Å². The molecular weight excluding hydrogens is 1480 g/mol. The van der Waals surface area contributed by atoms with Crippen molar-refractivity contribution in [2.75, 3.05) is 26.4 Å². The molecule has 1 saturated carbocycles. The predicted octanol–water partition coefficient (Wildman–Crippen LogP) is 15.8. The maximum absolute atomic E-state index is 14.9. The van der Waals surface area contributed by atoms with E-state index in [1.807, 2.05) is 0 Å². The summed E-state index contributed by atoms with van der Waals surface area (Å²) in [6.07, 6.45) is 24.8. The lowest BCUT2D eigenvalue weighted by Gasteiger charge is -2.50. The molecule has 18 atom stereocenters. The Morgan fingerprint density at radius 1 is 0.345 bits per heavy atom. The molecule has 1 aliphatic carbocycles. The van der Waals surface area contributed by atoms with Gasteiger partial charge in [0.15, 0.2) is 24.8 Å².